The van der Waals surface area contributed by atoms with Crippen molar-refractivity contribution in [2.75, 3.05) is 39.6 Å². The molecule has 0 aliphatic carbocycles. The van der Waals surface area contributed by atoms with Gasteiger partial charge in [-0.05, 0) is 43.4 Å². The first-order chi connectivity index (χ1) is 50.8. The van der Waals surface area contributed by atoms with Gasteiger partial charge in [0.1, 0.15) is 19.3 Å². The largest absolute Gasteiger partial charge is 0.472 e. The fourth-order valence-electron chi connectivity index (χ4n) is 13.3. The third kappa shape index (κ3) is 78.5. The minimum Gasteiger partial charge on any atom is -0.462 e. The van der Waals surface area contributed by atoms with Crippen LogP contribution in [0.25, 0.3) is 0 Å². The van der Waals surface area contributed by atoms with Gasteiger partial charge in [-0.3, -0.25) is 37.3 Å². The van der Waals surface area contributed by atoms with Crippen molar-refractivity contribution in [3.05, 3.63) is 0 Å². The van der Waals surface area contributed by atoms with E-state index < -0.39 is 97.5 Å². The number of carbonyl (C=O) groups is 4. The third-order valence-electron chi connectivity index (χ3n) is 20.5. The molecule has 0 aromatic rings. The number of phosphoric acid groups is 2. The minimum absolute atomic E-state index is 0.107. The maximum absolute atomic E-state index is 13.2. The Morgan fingerprint density at radius 3 is 0.724 bits per heavy atom. The number of esters is 4. The molecule has 0 amide bonds. The molecule has 17 nitrogen and oxygen atoms in total. The Balaban J connectivity index is 5.26. The molecule has 6 atom stereocenters. The van der Waals surface area contributed by atoms with Crippen LogP contribution in [0.5, 0.6) is 0 Å². The Hall–Kier alpha value is -1.94. The fraction of sp³-hybridized carbons (Fsp3) is 0.953. The van der Waals surface area contributed by atoms with Crippen molar-refractivity contribution >= 4 is 39.5 Å². The maximum Gasteiger partial charge on any atom is 0.472 e. The van der Waals surface area contributed by atoms with E-state index in [2.05, 4.69) is 48.5 Å². The highest BCUT2D eigenvalue weighted by atomic mass is 31.2. The average molecular weight is 1540 g/mol. The Kier molecular flexibility index (Phi) is 74.7. The Bertz CT molecular complexity index is 2030. The first kappa shape index (κ1) is 103. The quantitative estimate of drug-likeness (QED) is 0.0222. The highest BCUT2D eigenvalue weighted by Crippen LogP contribution is 2.45. The number of phosphoric ester groups is 2. The lowest BCUT2D eigenvalue weighted by Gasteiger charge is -2.21. The van der Waals surface area contributed by atoms with Crippen LogP contribution in [0.3, 0.4) is 0 Å². The van der Waals surface area contributed by atoms with E-state index in [9.17, 15) is 43.2 Å². The zero-order chi connectivity index (χ0) is 77.2. The number of hydrogen-bond donors (Lipinski definition) is 3. The van der Waals surface area contributed by atoms with Crippen LogP contribution in [0.1, 0.15) is 453 Å². The van der Waals surface area contributed by atoms with Crippen molar-refractivity contribution in [2.45, 2.75) is 471 Å². The van der Waals surface area contributed by atoms with E-state index in [1.807, 2.05) is 0 Å². The molecule has 0 fully saturated rings. The third-order valence-corrected chi connectivity index (χ3v) is 22.4. The summed E-state index contributed by atoms with van der Waals surface area (Å²) >= 11 is 0. The fourth-order valence-corrected chi connectivity index (χ4v) is 14.9. The van der Waals surface area contributed by atoms with Gasteiger partial charge in [-0.2, -0.15) is 0 Å². The molecule has 0 heterocycles. The Labute approximate surface area is 645 Å². The van der Waals surface area contributed by atoms with Crippen molar-refractivity contribution < 1.29 is 80.2 Å². The van der Waals surface area contributed by atoms with Gasteiger partial charge in [-0.25, -0.2) is 9.13 Å². The van der Waals surface area contributed by atoms with Crippen LogP contribution in [-0.4, -0.2) is 96.7 Å². The zero-order valence-electron chi connectivity index (χ0n) is 69.2. The van der Waals surface area contributed by atoms with Crippen molar-refractivity contribution in [1.29, 1.82) is 0 Å². The number of aliphatic hydroxyl groups excluding tert-OH is 1. The van der Waals surface area contributed by atoms with Gasteiger partial charge in [0.05, 0.1) is 26.4 Å². The van der Waals surface area contributed by atoms with E-state index in [0.717, 1.165) is 108 Å². The number of unbranched alkanes of at least 4 members (excludes halogenated alkanes) is 51. The molecule has 0 saturated carbocycles. The van der Waals surface area contributed by atoms with E-state index in [0.29, 0.717) is 25.7 Å². The standard InChI is InChI=1S/C86H168O17P2/c1-8-10-11-12-13-14-15-24-31-39-46-53-60-67-83(88)96-74-82(103-86(91)70-63-56-49-42-35-34-38-45-52-59-66-79(7)9-2)76-101-105(94,95)99-72-80(87)71-98-104(92,93)100-75-81(102-85(90)69-62-55-48-41-33-28-23-19-17-21-26-30-37-44-51-58-65-78(5)6)73-97-84(89)68-61-54-47-40-32-27-22-18-16-20-25-29-36-43-50-57-64-77(3)4/h77-82,87H,8-76H2,1-7H3,(H,92,93)(H,94,95)/t79?,80-,81-,82-/m1/s1. The van der Waals surface area contributed by atoms with Crippen LogP contribution in [0, 0.1) is 17.8 Å². The summed E-state index contributed by atoms with van der Waals surface area (Å²) in [5, 5.41) is 10.7. The molecule has 0 aromatic heterocycles. The summed E-state index contributed by atoms with van der Waals surface area (Å²) in [6.45, 7) is 12.1. The molecular formula is C86H168O17P2. The Morgan fingerprint density at radius 1 is 0.276 bits per heavy atom. The number of aliphatic hydroxyl groups is 1. The molecule has 0 radical (unpaired) electrons. The van der Waals surface area contributed by atoms with Gasteiger partial charge in [0.15, 0.2) is 12.2 Å². The highest BCUT2D eigenvalue weighted by Gasteiger charge is 2.30. The number of rotatable bonds is 84. The van der Waals surface area contributed by atoms with Crippen molar-refractivity contribution in [3.8, 4) is 0 Å². The van der Waals surface area contributed by atoms with Gasteiger partial charge in [-0.15, -0.1) is 0 Å². The second-order valence-electron chi connectivity index (χ2n) is 32.1. The van der Waals surface area contributed by atoms with Crippen LogP contribution >= 0.6 is 15.6 Å². The van der Waals surface area contributed by atoms with Crippen LogP contribution < -0.4 is 0 Å². The predicted octanol–water partition coefficient (Wildman–Crippen LogP) is 26.1. The van der Waals surface area contributed by atoms with Gasteiger partial charge in [-0.1, -0.05) is 402 Å². The smallest absolute Gasteiger partial charge is 0.462 e. The highest BCUT2D eigenvalue weighted by molar-refractivity contribution is 7.47. The molecule has 0 aliphatic heterocycles. The van der Waals surface area contributed by atoms with Gasteiger partial charge in [0.25, 0.3) is 0 Å². The monoisotopic (exact) mass is 1540 g/mol. The molecule has 0 spiro atoms. The summed E-state index contributed by atoms with van der Waals surface area (Å²) in [7, 11) is -9.93. The van der Waals surface area contributed by atoms with E-state index >= 15 is 0 Å². The number of carbonyl (C=O) groups excluding carboxylic acids is 4. The Morgan fingerprint density at radius 2 is 0.486 bits per heavy atom. The molecule has 3 N–H and O–H groups in total. The summed E-state index contributed by atoms with van der Waals surface area (Å²) in [6, 6.07) is 0. The topological polar surface area (TPSA) is 237 Å². The molecule has 0 aliphatic rings. The predicted molar refractivity (Wildman–Crippen MR) is 432 cm³/mol. The van der Waals surface area contributed by atoms with Gasteiger partial charge >= 0.3 is 39.5 Å². The average Bonchev–Trinajstić information content (AvgIpc) is 0.919. The number of hydrogen-bond acceptors (Lipinski definition) is 15. The summed E-state index contributed by atoms with van der Waals surface area (Å²) in [4.78, 5) is 73.3. The summed E-state index contributed by atoms with van der Waals surface area (Å²) in [5.74, 6) is 0.322. The van der Waals surface area contributed by atoms with Crippen LogP contribution in [-0.2, 0) is 65.4 Å². The minimum atomic E-state index is -4.97. The normalized spacial score (nSPS) is 14.1. The van der Waals surface area contributed by atoms with Crippen LogP contribution in [0.2, 0.25) is 0 Å². The first-order valence-corrected chi connectivity index (χ1v) is 47.4. The molecule has 624 valence electrons. The molecule has 19 heteroatoms. The lowest BCUT2D eigenvalue weighted by Crippen LogP contribution is -2.30. The van der Waals surface area contributed by atoms with Crippen LogP contribution in [0.15, 0.2) is 0 Å². The van der Waals surface area contributed by atoms with E-state index in [1.54, 1.807) is 0 Å². The first-order valence-electron chi connectivity index (χ1n) is 44.4. The van der Waals surface area contributed by atoms with E-state index in [-0.39, 0.29) is 25.7 Å². The van der Waals surface area contributed by atoms with Gasteiger partial charge in [0, 0.05) is 25.7 Å². The zero-order valence-corrected chi connectivity index (χ0v) is 71.0. The second-order valence-corrected chi connectivity index (χ2v) is 35.0. The van der Waals surface area contributed by atoms with E-state index in [4.69, 9.17) is 37.0 Å². The molecule has 0 rings (SSSR count). The molecule has 3 unspecified atom stereocenters. The summed E-state index contributed by atoms with van der Waals surface area (Å²) < 4.78 is 68.9. The van der Waals surface area contributed by atoms with E-state index in [1.165, 1.54) is 263 Å². The lowest BCUT2D eigenvalue weighted by molar-refractivity contribution is -0.161. The molecule has 0 aromatic carbocycles. The van der Waals surface area contributed by atoms with Gasteiger partial charge in [0.2, 0.25) is 0 Å². The summed E-state index contributed by atoms with van der Waals surface area (Å²) in [6.07, 6.45) is 66.4. The van der Waals surface area contributed by atoms with Crippen molar-refractivity contribution in [3.63, 3.8) is 0 Å². The molecule has 0 bridgehead atoms. The summed E-state index contributed by atoms with van der Waals surface area (Å²) in [5.41, 5.74) is 0. The second kappa shape index (κ2) is 76.1. The molecule has 105 heavy (non-hydrogen) atoms. The maximum atomic E-state index is 13.2. The van der Waals surface area contributed by atoms with Crippen LogP contribution in [0.4, 0.5) is 0 Å². The molecule has 0 saturated heterocycles. The SMILES string of the molecule is CCCCCCCCCCCCCCCC(=O)OC[C@H](COP(=O)(O)OC[C@H](O)COP(=O)(O)OC[C@@H](COC(=O)CCCCCCCCCCCCCCCCCCC(C)C)OC(=O)CCCCCCCCCCCCCCCCCCC(C)C)OC(=O)CCCCCCCCCCCCC(C)CC. The number of ether oxygens (including phenoxy) is 4. The van der Waals surface area contributed by atoms with Gasteiger partial charge < -0.3 is 33.8 Å². The molecular weight excluding hydrogens is 1370 g/mol. The van der Waals surface area contributed by atoms with Crippen molar-refractivity contribution in [1.82, 2.24) is 0 Å². The van der Waals surface area contributed by atoms with Crippen molar-refractivity contribution in [2.24, 2.45) is 17.8 Å². The lowest BCUT2D eigenvalue weighted by atomic mass is 9.99.